The molecule has 2 aromatic rings. The van der Waals surface area contributed by atoms with Gasteiger partial charge in [0.1, 0.15) is 12.4 Å². The van der Waals surface area contributed by atoms with Crippen molar-refractivity contribution in [2.24, 2.45) is 5.92 Å². The summed E-state index contributed by atoms with van der Waals surface area (Å²) in [6.07, 6.45) is 4.48. The van der Waals surface area contributed by atoms with E-state index in [-0.39, 0.29) is 30.4 Å². The third-order valence-electron chi connectivity index (χ3n) is 9.12. The number of carbonyl (C=O) groups excluding carboxylic acids is 3. The molecule has 212 valence electrons. The zero-order valence-electron chi connectivity index (χ0n) is 23.1. The number of nitrogens with zero attached hydrogens (tertiary/aromatic N) is 2. The fourth-order valence-corrected chi connectivity index (χ4v) is 6.67. The summed E-state index contributed by atoms with van der Waals surface area (Å²) < 4.78 is 19.4. The van der Waals surface area contributed by atoms with Crippen LogP contribution in [0.4, 0.5) is 14.9 Å². The molecule has 1 spiro atoms. The summed E-state index contributed by atoms with van der Waals surface area (Å²) in [6, 6.07) is 11.9. The molecule has 40 heavy (non-hydrogen) atoms. The van der Waals surface area contributed by atoms with Gasteiger partial charge in [-0.3, -0.25) is 9.59 Å². The van der Waals surface area contributed by atoms with Crippen molar-refractivity contribution in [2.75, 3.05) is 25.0 Å². The second kappa shape index (κ2) is 10.5. The molecule has 3 amide bonds. The van der Waals surface area contributed by atoms with E-state index in [2.05, 4.69) is 16.7 Å². The molecule has 8 nitrogen and oxygen atoms in total. The quantitative estimate of drug-likeness (QED) is 0.505. The van der Waals surface area contributed by atoms with Crippen LogP contribution in [0.25, 0.3) is 0 Å². The molecule has 1 saturated carbocycles. The van der Waals surface area contributed by atoms with E-state index < -0.39 is 17.6 Å². The normalized spacial score (nSPS) is 25.5. The lowest BCUT2D eigenvalue weighted by Crippen LogP contribution is -2.48. The lowest BCUT2D eigenvalue weighted by molar-refractivity contribution is -0.144. The fourth-order valence-electron chi connectivity index (χ4n) is 6.67. The fraction of sp³-hybridized carbons (Fsp3) is 0.516. The number of aryl methyl sites for hydroxylation is 1. The zero-order chi connectivity index (χ0) is 28.0. The number of halogens is 1. The third kappa shape index (κ3) is 4.85. The Balaban J connectivity index is 1.20. The Hall–Kier alpha value is -3.46. The number of amides is 3. The van der Waals surface area contributed by atoms with Gasteiger partial charge in [-0.1, -0.05) is 18.2 Å². The number of hydrogen-bond donors (Lipinski definition) is 2. The van der Waals surface area contributed by atoms with E-state index in [0.29, 0.717) is 30.4 Å². The molecule has 4 aliphatic rings. The summed E-state index contributed by atoms with van der Waals surface area (Å²) in [5.41, 5.74) is 2.10. The standard InChI is InChI=1S/C31H37FN4O4/c1-19(21-5-6-21)36(20(2)22-7-9-24(32)10-8-22)28(37)18-35-29(38)31(40-30(35)39)14-13-23-16-25(11-12-27(23)31)34-26-4-3-15-33-17-26/h7-12,16,19-21,26,33-34H,3-6,13-15,17-18H2,1-2H3/t19-,20?,26?,31?/m0/s1. The van der Waals surface area contributed by atoms with Gasteiger partial charge in [0.2, 0.25) is 11.5 Å². The first kappa shape index (κ1) is 26.7. The molecular formula is C31H37FN4O4. The second-order valence-electron chi connectivity index (χ2n) is 11.8. The molecule has 0 aromatic heterocycles. The van der Waals surface area contributed by atoms with Gasteiger partial charge in [0.05, 0.1) is 6.04 Å². The van der Waals surface area contributed by atoms with Crippen LogP contribution in [-0.2, 0) is 26.3 Å². The van der Waals surface area contributed by atoms with Crippen molar-refractivity contribution in [3.8, 4) is 0 Å². The summed E-state index contributed by atoms with van der Waals surface area (Å²) in [5, 5.41) is 6.98. The first-order valence-electron chi connectivity index (χ1n) is 14.5. The van der Waals surface area contributed by atoms with Gasteiger partial charge >= 0.3 is 6.09 Å². The molecule has 0 bridgehead atoms. The van der Waals surface area contributed by atoms with E-state index in [4.69, 9.17) is 4.74 Å². The number of imide groups is 1. The van der Waals surface area contributed by atoms with Crippen molar-refractivity contribution in [2.45, 2.75) is 76.1 Å². The number of ether oxygens (including phenoxy) is 1. The van der Waals surface area contributed by atoms with Crippen molar-refractivity contribution in [1.82, 2.24) is 15.1 Å². The minimum absolute atomic E-state index is 0.0762. The van der Waals surface area contributed by atoms with Gasteiger partial charge in [0.15, 0.2) is 0 Å². The molecule has 4 atom stereocenters. The summed E-state index contributed by atoms with van der Waals surface area (Å²) in [4.78, 5) is 43.4. The lowest BCUT2D eigenvalue weighted by atomic mass is 9.94. The van der Waals surface area contributed by atoms with Gasteiger partial charge in [-0.25, -0.2) is 14.1 Å². The Bertz CT molecular complexity index is 1310. The number of nitrogens with one attached hydrogen (secondary N) is 2. The van der Waals surface area contributed by atoms with Gasteiger partial charge in [-0.05, 0) is 93.8 Å². The predicted molar refractivity (Wildman–Crippen MR) is 148 cm³/mol. The first-order chi connectivity index (χ1) is 19.3. The van der Waals surface area contributed by atoms with Crippen molar-refractivity contribution < 1.29 is 23.5 Å². The van der Waals surface area contributed by atoms with E-state index in [1.165, 1.54) is 12.1 Å². The Morgan fingerprint density at radius 2 is 1.95 bits per heavy atom. The Morgan fingerprint density at radius 3 is 2.65 bits per heavy atom. The highest BCUT2D eigenvalue weighted by atomic mass is 19.1. The van der Waals surface area contributed by atoms with Crippen LogP contribution >= 0.6 is 0 Å². The lowest BCUT2D eigenvalue weighted by Gasteiger charge is -2.36. The van der Waals surface area contributed by atoms with Crippen LogP contribution in [0, 0.1) is 11.7 Å². The number of rotatable bonds is 8. The number of fused-ring (bicyclic) bond motifs is 2. The largest absolute Gasteiger partial charge is 0.427 e. The molecule has 2 aromatic carbocycles. The SMILES string of the molecule is CC(c1ccc(F)cc1)N(C(=O)CN1C(=O)OC2(CCc3cc(NC4CCCNC4)ccc32)C1=O)[C@@H](C)C1CC1. The Morgan fingerprint density at radius 1 is 1.18 bits per heavy atom. The van der Waals surface area contributed by atoms with Gasteiger partial charge in [0, 0.05) is 36.3 Å². The van der Waals surface area contributed by atoms with Crippen molar-refractivity contribution >= 4 is 23.6 Å². The monoisotopic (exact) mass is 548 g/mol. The maximum atomic E-state index is 13.8. The molecule has 0 radical (unpaired) electrons. The summed E-state index contributed by atoms with van der Waals surface area (Å²) >= 11 is 0. The minimum atomic E-state index is -1.38. The number of piperidine rings is 1. The van der Waals surface area contributed by atoms with Crippen LogP contribution in [0.3, 0.4) is 0 Å². The van der Waals surface area contributed by atoms with Crippen molar-refractivity contribution in [1.29, 1.82) is 0 Å². The number of hydrogen-bond acceptors (Lipinski definition) is 6. The second-order valence-corrected chi connectivity index (χ2v) is 11.8. The molecule has 6 rings (SSSR count). The number of benzene rings is 2. The van der Waals surface area contributed by atoms with E-state index in [9.17, 15) is 18.8 Å². The predicted octanol–water partition coefficient (Wildman–Crippen LogP) is 4.50. The number of anilines is 1. The summed E-state index contributed by atoms with van der Waals surface area (Å²) in [6.45, 7) is 5.48. The highest BCUT2D eigenvalue weighted by molar-refractivity contribution is 6.06. The summed E-state index contributed by atoms with van der Waals surface area (Å²) in [5.74, 6) is -0.772. The van der Waals surface area contributed by atoms with E-state index >= 15 is 0 Å². The highest BCUT2D eigenvalue weighted by Crippen LogP contribution is 2.46. The molecule has 2 N–H and O–H groups in total. The average molecular weight is 549 g/mol. The molecule has 2 aliphatic carbocycles. The van der Waals surface area contributed by atoms with E-state index in [1.54, 1.807) is 17.0 Å². The van der Waals surface area contributed by atoms with E-state index in [0.717, 1.165) is 60.5 Å². The van der Waals surface area contributed by atoms with Crippen LogP contribution < -0.4 is 10.6 Å². The zero-order valence-corrected chi connectivity index (χ0v) is 23.1. The molecule has 2 aliphatic heterocycles. The Kier molecular flexibility index (Phi) is 7.02. The summed E-state index contributed by atoms with van der Waals surface area (Å²) in [7, 11) is 0. The van der Waals surface area contributed by atoms with Crippen molar-refractivity contribution in [3.63, 3.8) is 0 Å². The van der Waals surface area contributed by atoms with Crippen LogP contribution in [-0.4, -0.2) is 59.4 Å². The molecule has 9 heteroatoms. The number of carbonyl (C=O) groups is 3. The molecule has 3 fully saturated rings. The average Bonchev–Trinajstić information content (AvgIpc) is 3.70. The smallest absolute Gasteiger partial charge is 0.418 e. The van der Waals surface area contributed by atoms with Gasteiger partial charge < -0.3 is 20.3 Å². The molecular weight excluding hydrogens is 511 g/mol. The van der Waals surface area contributed by atoms with Crippen LogP contribution in [0.2, 0.25) is 0 Å². The molecule has 3 unspecified atom stereocenters. The Labute approximate surface area is 234 Å². The van der Waals surface area contributed by atoms with Gasteiger partial charge in [-0.2, -0.15) is 0 Å². The van der Waals surface area contributed by atoms with Gasteiger partial charge in [0.25, 0.3) is 5.91 Å². The first-order valence-corrected chi connectivity index (χ1v) is 14.5. The molecule has 2 saturated heterocycles. The van der Waals surface area contributed by atoms with Crippen LogP contribution in [0.15, 0.2) is 42.5 Å². The van der Waals surface area contributed by atoms with Crippen LogP contribution in [0.1, 0.15) is 68.7 Å². The minimum Gasteiger partial charge on any atom is -0.427 e. The maximum Gasteiger partial charge on any atom is 0.418 e. The third-order valence-corrected chi connectivity index (χ3v) is 9.12. The van der Waals surface area contributed by atoms with Crippen molar-refractivity contribution in [3.05, 3.63) is 65.0 Å². The van der Waals surface area contributed by atoms with E-state index in [1.807, 2.05) is 26.0 Å². The topological polar surface area (TPSA) is 91.0 Å². The van der Waals surface area contributed by atoms with Gasteiger partial charge in [-0.15, -0.1) is 0 Å². The highest BCUT2D eigenvalue weighted by Gasteiger charge is 2.58. The molecule has 2 heterocycles. The maximum absolute atomic E-state index is 13.8. The van der Waals surface area contributed by atoms with Crippen LogP contribution in [0.5, 0.6) is 0 Å².